The molecule has 0 bridgehead atoms. The van der Waals surface area contributed by atoms with Crippen LogP contribution in [-0.4, -0.2) is 22.2 Å². The maximum atomic E-state index is 5.06. The minimum atomic E-state index is 0.660. The monoisotopic (exact) mass is 591 g/mol. The highest BCUT2D eigenvalue weighted by Gasteiger charge is 2.31. The topological polar surface area (TPSA) is 41.9 Å². The van der Waals surface area contributed by atoms with Gasteiger partial charge >= 0.3 is 0 Å². The molecular weight excluding hydrogens is 567 g/mol. The second-order valence-electron chi connectivity index (χ2n) is 11.1. The molecule has 0 fully saturated rings. The van der Waals surface area contributed by atoms with Gasteiger partial charge in [0.25, 0.3) is 0 Å². The molecule has 2 aliphatic heterocycles. The van der Waals surface area contributed by atoms with Gasteiger partial charge in [0.05, 0.1) is 11.4 Å². The third kappa shape index (κ3) is 4.37. The number of para-hydroxylation sites is 2. The van der Waals surface area contributed by atoms with Gasteiger partial charge in [-0.05, 0) is 41.5 Å². The average molecular weight is 592 g/mol. The zero-order chi connectivity index (χ0) is 29.7. The van der Waals surface area contributed by atoms with E-state index < -0.39 is 0 Å². The number of hydrogen-bond donors (Lipinski definition) is 0. The summed E-state index contributed by atoms with van der Waals surface area (Å²) < 4.78 is 0. The molecule has 1 aromatic heterocycles. The molecule has 0 atom stereocenters. The second kappa shape index (κ2) is 10.6. The normalized spacial score (nSPS) is 12.5. The highest BCUT2D eigenvalue weighted by atomic mass is 32.2. The quantitative estimate of drug-likeness (QED) is 0.192. The largest absolute Gasteiger partial charge is 0.309 e. The first-order valence-electron chi connectivity index (χ1n) is 15.0. The van der Waals surface area contributed by atoms with Crippen LogP contribution in [0.4, 0.5) is 17.1 Å². The van der Waals surface area contributed by atoms with Gasteiger partial charge in [-0.25, -0.2) is 15.0 Å². The third-order valence-electron chi connectivity index (χ3n) is 8.38. The van der Waals surface area contributed by atoms with Gasteiger partial charge in [0.1, 0.15) is 0 Å². The van der Waals surface area contributed by atoms with E-state index in [1.165, 1.54) is 37.8 Å². The second-order valence-corrected chi connectivity index (χ2v) is 12.1. The van der Waals surface area contributed by atoms with Gasteiger partial charge in [0.15, 0.2) is 24.8 Å². The zero-order valence-corrected chi connectivity index (χ0v) is 24.9. The summed E-state index contributed by atoms with van der Waals surface area (Å²) in [5.41, 5.74) is 11.1. The first-order chi connectivity index (χ1) is 22.3. The summed E-state index contributed by atoms with van der Waals surface area (Å²) in [6.45, 7) is 0. The Labute approximate surface area is 266 Å². The fourth-order valence-electron chi connectivity index (χ4n) is 6.32. The number of hydrogen-bond acceptors (Lipinski definition) is 5. The first-order valence-corrected chi connectivity index (χ1v) is 15.8. The molecule has 1 radical (unpaired) electrons. The maximum absolute atomic E-state index is 5.06. The van der Waals surface area contributed by atoms with E-state index in [2.05, 4.69) is 97.1 Å². The summed E-state index contributed by atoms with van der Waals surface area (Å²) >= 11 is 1.83. The standard InChI is InChI=1S/C39H24BN4S/c1-3-13-25(14-4-1)37-41-38(26-15-5-2-6-16-26)43-39(42-37)29-19-11-17-27-28-18-12-22-32(36(28)40-35(27)29)44-30-20-7-9-23-33(30)45-34-24-10-8-21-31(34)44/h1-24H. The van der Waals surface area contributed by atoms with E-state index >= 15 is 0 Å². The Morgan fingerprint density at radius 1 is 0.400 bits per heavy atom. The molecule has 4 nitrogen and oxygen atoms in total. The lowest BCUT2D eigenvalue weighted by atomic mass is 9.65. The predicted molar refractivity (Wildman–Crippen MR) is 185 cm³/mol. The minimum Gasteiger partial charge on any atom is -0.309 e. The molecule has 0 spiro atoms. The molecule has 6 heteroatoms. The molecule has 0 aliphatic carbocycles. The van der Waals surface area contributed by atoms with Crippen LogP contribution in [0.25, 0.3) is 45.3 Å². The van der Waals surface area contributed by atoms with Crippen LogP contribution in [0.1, 0.15) is 0 Å². The Morgan fingerprint density at radius 3 is 1.49 bits per heavy atom. The van der Waals surface area contributed by atoms with Crippen LogP contribution in [0.2, 0.25) is 0 Å². The molecule has 45 heavy (non-hydrogen) atoms. The van der Waals surface area contributed by atoms with Crippen molar-refractivity contribution in [1.29, 1.82) is 0 Å². The van der Waals surface area contributed by atoms with Gasteiger partial charge in [0.2, 0.25) is 0 Å². The summed E-state index contributed by atoms with van der Waals surface area (Å²) in [6, 6.07) is 50.6. The Kier molecular flexibility index (Phi) is 6.13. The fourth-order valence-corrected chi connectivity index (χ4v) is 7.38. The SMILES string of the molecule is [B]1c2c(-c3nc(-c4ccccc4)nc(-c4ccccc4)n3)cccc2-c2cccc(N3c4ccccc4Sc4ccccc43)c21. The van der Waals surface area contributed by atoms with E-state index in [0.29, 0.717) is 17.5 Å². The number of anilines is 3. The predicted octanol–water partition coefficient (Wildman–Crippen LogP) is 8.44. The van der Waals surface area contributed by atoms with Gasteiger partial charge in [-0.2, -0.15) is 0 Å². The lowest BCUT2D eigenvalue weighted by molar-refractivity contribution is 1.08. The van der Waals surface area contributed by atoms with Crippen molar-refractivity contribution in [3.63, 3.8) is 0 Å². The maximum Gasteiger partial charge on any atom is 0.196 e. The highest BCUT2D eigenvalue weighted by Crippen LogP contribution is 2.51. The van der Waals surface area contributed by atoms with Crippen molar-refractivity contribution in [2.45, 2.75) is 9.79 Å². The third-order valence-corrected chi connectivity index (χ3v) is 9.51. The van der Waals surface area contributed by atoms with Crippen molar-refractivity contribution >= 4 is 47.0 Å². The van der Waals surface area contributed by atoms with Crippen molar-refractivity contribution < 1.29 is 0 Å². The van der Waals surface area contributed by atoms with E-state index in [1.807, 2.05) is 72.4 Å². The molecule has 0 saturated heterocycles. The fraction of sp³-hybridized carbons (Fsp3) is 0. The minimum absolute atomic E-state index is 0.660. The smallest absolute Gasteiger partial charge is 0.196 e. The molecule has 2 aliphatic rings. The van der Waals surface area contributed by atoms with Gasteiger partial charge < -0.3 is 4.90 Å². The molecule has 7 aromatic rings. The Balaban J connectivity index is 1.21. The van der Waals surface area contributed by atoms with Crippen molar-refractivity contribution in [1.82, 2.24) is 15.0 Å². The van der Waals surface area contributed by atoms with Crippen molar-refractivity contribution in [2.75, 3.05) is 4.90 Å². The number of rotatable bonds is 4. The Bertz CT molecular complexity index is 2130. The van der Waals surface area contributed by atoms with Crippen LogP contribution >= 0.6 is 11.8 Å². The first kappa shape index (κ1) is 26.0. The Morgan fingerprint density at radius 2 is 0.867 bits per heavy atom. The average Bonchev–Trinajstić information content (AvgIpc) is 3.51. The van der Waals surface area contributed by atoms with Crippen LogP contribution in [0.3, 0.4) is 0 Å². The van der Waals surface area contributed by atoms with E-state index in [1.54, 1.807) is 0 Å². The number of fused-ring (bicyclic) bond motifs is 5. The Hall–Kier alpha value is -5.46. The molecule has 209 valence electrons. The number of aromatic nitrogens is 3. The van der Waals surface area contributed by atoms with E-state index in [-0.39, 0.29) is 0 Å². The van der Waals surface area contributed by atoms with Crippen LogP contribution in [0.5, 0.6) is 0 Å². The summed E-state index contributed by atoms with van der Waals surface area (Å²) in [4.78, 5) is 19.9. The number of nitrogens with zero attached hydrogens (tertiary/aromatic N) is 4. The highest BCUT2D eigenvalue weighted by molar-refractivity contribution is 7.99. The molecule has 0 amide bonds. The van der Waals surface area contributed by atoms with Crippen molar-refractivity contribution in [3.05, 3.63) is 146 Å². The zero-order valence-electron chi connectivity index (χ0n) is 24.1. The van der Waals surface area contributed by atoms with Gasteiger partial charge in [-0.15, -0.1) is 0 Å². The van der Waals surface area contributed by atoms with Crippen molar-refractivity contribution in [2.24, 2.45) is 0 Å². The molecule has 9 rings (SSSR count). The van der Waals surface area contributed by atoms with Gasteiger partial charge in [0, 0.05) is 32.2 Å². The van der Waals surface area contributed by atoms with E-state index in [9.17, 15) is 0 Å². The molecule has 0 unspecified atom stereocenters. The summed E-state index contributed by atoms with van der Waals surface area (Å²) in [5, 5.41) is 0. The van der Waals surface area contributed by atoms with Gasteiger partial charge in [-0.1, -0.05) is 138 Å². The van der Waals surface area contributed by atoms with Crippen LogP contribution in [-0.2, 0) is 0 Å². The molecule has 6 aromatic carbocycles. The summed E-state index contributed by atoms with van der Waals surface area (Å²) in [7, 11) is 2.32. The molecule has 0 saturated carbocycles. The lowest BCUT2D eigenvalue weighted by Gasteiger charge is -2.34. The van der Waals surface area contributed by atoms with Crippen LogP contribution < -0.4 is 15.8 Å². The number of benzene rings is 6. The molecule has 3 heterocycles. The van der Waals surface area contributed by atoms with Crippen LogP contribution in [0, 0.1) is 0 Å². The van der Waals surface area contributed by atoms with Crippen LogP contribution in [0.15, 0.2) is 155 Å². The van der Waals surface area contributed by atoms with Crippen molar-refractivity contribution in [3.8, 4) is 45.3 Å². The van der Waals surface area contributed by atoms with E-state index in [0.717, 1.165) is 27.8 Å². The van der Waals surface area contributed by atoms with E-state index in [4.69, 9.17) is 15.0 Å². The summed E-state index contributed by atoms with van der Waals surface area (Å²) in [5.74, 6) is 1.98. The lowest BCUT2D eigenvalue weighted by Crippen LogP contribution is -2.29. The molecular formula is C39H24BN4S. The summed E-state index contributed by atoms with van der Waals surface area (Å²) in [6.07, 6.45) is 0. The van der Waals surface area contributed by atoms with Gasteiger partial charge in [-0.3, -0.25) is 0 Å². The molecule has 0 N–H and O–H groups in total.